The molecule has 1 saturated heterocycles. The number of unbranched alkanes of at least 4 members (excludes halogenated alkanes) is 5. The quantitative estimate of drug-likeness (QED) is 0.595. The summed E-state index contributed by atoms with van der Waals surface area (Å²) >= 11 is 0. The third kappa shape index (κ3) is 4.10. The lowest BCUT2D eigenvalue weighted by Gasteiger charge is -2.15. The summed E-state index contributed by atoms with van der Waals surface area (Å²) in [6.07, 6.45) is 7.77. The van der Waals surface area contributed by atoms with Crippen LogP contribution in [0.4, 0.5) is 4.79 Å². The highest BCUT2D eigenvalue weighted by atomic mass is 16.2. The molecule has 0 aliphatic carbocycles. The van der Waals surface area contributed by atoms with E-state index in [9.17, 15) is 4.79 Å². The van der Waals surface area contributed by atoms with Gasteiger partial charge in [0.15, 0.2) is 0 Å². The van der Waals surface area contributed by atoms with Crippen LogP contribution < -0.4 is 0 Å². The fourth-order valence-corrected chi connectivity index (χ4v) is 1.99. The number of amides is 2. The first-order chi connectivity index (χ1) is 7.25. The topological polar surface area (TPSA) is 23.6 Å². The maximum atomic E-state index is 11.5. The lowest BCUT2D eigenvalue weighted by Crippen LogP contribution is -2.30. The number of hydrogen-bond donors (Lipinski definition) is 0. The van der Waals surface area contributed by atoms with Crippen LogP contribution in [0.2, 0.25) is 0 Å². The van der Waals surface area contributed by atoms with Gasteiger partial charge in [0.1, 0.15) is 0 Å². The van der Waals surface area contributed by atoms with Crippen LogP contribution in [0.1, 0.15) is 45.4 Å². The summed E-state index contributed by atoms with van der Waals surface area (Å²) in [4.78, 5) is 15.3. The molecule has 1 heterocycles. The van der Waals surface area contributed by atoms with Crippen LogP contribution in [0.15, 0.2) is 0 Å². The van der Waals surface area contributed by atoms with E-state index in [1.807, 2.05) is 11.9 Å². The van der Waals surface area contributed by atoms with Crippen molar-refractivity contribution < 1.29 is 4.79 Å². The SMILES string of the molecule is CCCCCCCCN1CCN(C)C1=O. The lowest BCUT2D eigenvalue weighted by molar-refractivity contribution is 0.198. The van der Waals surface area contributed by atoms with Crippen LogP contribution >= 0.6 is 0 Å². The highest BCUT2D eigenvalue weighted by Gasteiger charge is 2.23. The molecule has 0 atom stereocenters. The largest absolute Gasteiger partial charge is 0.326 e. The minimum atomic E-state index is 0.212. The molecule has 0 saturated carbocycles. The van der Waals surface area contributed by atoms with Crippen LogP contribution in [0.5, 0.6) is 0 Å². The Kier molecular flexibility index (Phi) is 5.51. The molecule has 1 aliphatic rings. The molecule has 2 amide bonds. The maximum absolute atomic E-state index is 11.5. The van der Waals surface area contributed by atoms with Crippen molar-refractivity contribution in [2.75, 3.05) is 26.7 Å². The van der Waals surface area contributed by atoms with Crippen molar-refractivity contribution in [2.24, 2.45) is 0 Å². The van der Waals surface area contributed by atoms with Crippen molar-refractivity contribution in [3.63, 3.8) is 0 Å². The Morgan fingerprint density at radius 1 is 1.07 bits per heavy atom. The van der Waals surface area contributed by atoms with E-state index in [1.165, 1.54) is 38.5 Å². The van der Waals surface area contributed by atoms with Crippen molar-refractivity contribution >= 4 is 6.03 Å². The number of carbonyl (C=O) groups is 1. The van der Waals surface area contributed by atoms with E-state index in [1.54, 1.807) is 4.90 Å². The van der Waals surface area contributed by atoms with Crippen LogP contribution in [0, 0.1) is 0 Å². The second-order valence-electron chi connectivity index (χ2n) is 4.46. The molecule has 88 valence electrons. The van der Waals surface area contributed by atoms with Crippen molar-refractivity contribution in [2.45, 2.75) is 45.4 Å². The Morgan fingerprint density at radius 2 is 1.73 bits per heavy atom. The van der Waals surface area contributed by atoms with E-state index in [2.05, 4.69) is 6.92 Å². The van der Waals surface area contributed by atoms with Gasteiger partial charge in [-0.15, -0.1) is 0 Å². The monoisotopic (exact) mass is 212 g/mol. The molecule has 0 aromatic heterocycles. The van der Waals surface area contributed by atoms with Crippen LogP contribution in [0.25, 0.3) is 0 Å². The Morgan fingerprint density at radius 3 is 2.33 bits per heavy atom. The van der Waals surface area contributed by atoms with Gasteiger partial charge in [0.25, 0.3) is 0 Å². The zero-order chi connectivity index (χ0) is 11.1. The number of likely N-dealkylation sites (N-methyl/N-ethyl adjacent to an activating group) is 1. The first-order valence-corrected chi connectivity index (χ1v) is 6.25. The fraction of sp³-hybridized carbons (Fsp3) is 0.917. The Balaban J connectivity index is 1.98. The zero-order valence-electron chi connectivity index (χ0n) is 10.2. The Bertz CT molecular complexity index is 194. The average Bonchev–Trinajstić information content (AvgIpc) is 2.54. The van der Waals surface area contributed by atoms with Gasteiger partial charge in [-0.3, -0.25) is 0 Å². The number of rotatable bonds is 7. The lowest BCUT2D eigenvalue weighted by atomic mass is 10.1. The second kappa shape index (κ2) is 6.70. The smallest absolute Gasteiger partial charge is 0.319 e. The minimum Gasteiger partial charge on any atom is -0.326 e. The molecule has 1 fully saturated rings. The summed E-state index contributed by atoms with van der Waals surface area (Å²) in [5.41, 5.74) is 0. The van der Waals surface area contributed by atoms with Gasteiger partial charge in [-0.25, -0.2) is 4.79 Å². The predicted molar refractivity (Wildman–Crippen MR) is 63.0 cm³/mol. The molecule has 3 nitrogen and oxygen atoms in total. The van der Waals surface area contributed by atoms with E-state index in [0.717, 1.165) is 19.6 Å². The van der Waals surface area contributed by atoms with Gasteiger partial charge in [0, 0.05) is 26.7 Å². The molecule has 0 aromatic rings. The molecule has 3 heteroatoms. The molecular formula is C12H24N2O. The Labute approximate surface area is 93.4 Å². The normalized spacial score (nSPS) is 16.5. The molecule has 0 bridgehead atoms. The number of carbonyl (C=O) groups excluding carboxylic acids is 1. The molecular weight excluding hydrogens is 188 g/mol. The van der Waals surface area contributed by atoms with Gasteiger partial charge < -0.3 is 9.80 Å². The molecule has 15 heavy (non-hydrogen) atoms. The second-order valence-corrected chi connectivity index (χ2v) is 4.46. The predicted octanol–water partition coefficient (Wildman–Crippen LogP) is 2.71. The van der Waals surface area contributed by atoms with Crippen LogP contribution in [0.3, 0.4) is 0 Å². The van der Waals surface area contributed by atoms with Gasteiger partial charge in [0.05, 0.1) is 0 Å². The molecule has 1 aliphatic heterocycles. The molecule has 0 unspecified atom stereocenters. The number of urea groups is 1. The van der Waals surface area contributed by atoms with E-state index < -0.39 is 0 Å². The van der Waals surface area contributed by atoms with Crippen molar-refractivity contribution in [1.82, 2.24) is 9.80 Å². The van der Waals surface area contributed by atoms with Crippen LogP contribution in [-0.4, -0.2) is 42.5 Å². The summed E-state index contributed by atoms with van der Waals surface area (Å²) in [7, 11) is 1.88. The molecule has 0 N–H and O–H groups in total. The summed E-state index contributed by atoms with van der Waals surface area (Å²) < 4.78 is 0. The summed E-state index contributed by atoms with van der Waals surface area (Å²) in [6, 6.07) is 0.212. The van der Waals surface area contributed by atoms with Gasteiger partial charge in [0.2, 0.25) is 0 Å². The molecule has 0 spiro atoms. The third-order valence-corrected chi connectivity index (χ3v) is 3.08. The van der Waals surface area contributed by atoms with E-state index in [4.69, 9.17) is 0 Å². The molecule has 1 rings (SSSR count). The first-order valence-electron chi connectivity index (χ1n) is 6.25. The van der Waals surface area contributed by atoms with E-state index in [-0.39, 0.29) is 6.03 Å². The number of hydrogen-bond acceptors (Lipinski definition) is 1. The zero-order valence-corrected chi connectivity index (χ0v) is 10.2. The summed E-state index contributed by atoms with van der Waals surface area (Å²) in [5.74, 6) is 0. The highest BCUT2D eigenvalue weighted by molar-refractivity contribution is 5.76. The third-order valence-electron chi connectivity index (χ3n) is 3.08. The molecule has 0 aromatic carbocycles. The average molecular weight is 212 g/mol. The van der Waals surface area contributed by atoms with Gasteiger partial charge in [-0.2, -0.15) is 0 Å². The summed E-state index contributed by atoms with van der Waals surface area (Å²) in [6.45, 7) is 5.01. The van der Waals surface area contributed by atoms with Gasteiger partial charge in [-0.1, -0.05) is 39.0 Å². The maximum Gasteiger partial charge on any atom is 0.319 e. The van der Waals surface area contributed by atoms with Crippen LogP contribution in [-0.2, 0) is 0 Å². The summed E-state index contributed by atoms with van der Waals surface area (Å²) in [5, 5.41) is 0. The van der Waals surface area contributed by atoms with Crippen molar-refractivity contribution in [3.8, 4) is 0 Å². The van der Waals surface area contributed by atoms with Crippen molar-refractivity contribution in [3.05, 3.63) is 0 Å². The fourth-order valence-electron chi connectivity index (χ4n) is 1.99. The van der Waals surface area contributed by atoms with E-state index >= 15 is 0 Å². The molecule has 0 radical (unpaired) electrons. The highest BCUT2D eigenvalue weighted by Crippen LogP contribution is 2.10. The first kappa shape index (κ1) is 12.3. The standard InChI is InChI=1S/C12H24N2O/c1-3-4-5-6-7-8-9-14-11-10-13(2)12(14)15/h3-11H2,1-2H3. The van der Waals surface area contributed by atoms with E-state index in [0.29, 0.717) is 0 Å². The minimum absolute atomic E-state index is 0.212. The number of nitrogens with zero attached hydrogens (tertiary/aromatic N) is 2. The van der Waals surface area contributed by atoms with Gasteiger partial charge in [-0.05, 0) is 6.42 Å². The van der Waals surface area contributed by atoms with Crippen molar-refractivity contribution in [1.29, 1.82) is 0 Å². The Hall–Kier alpha value is -0.730. The van der Waals surface area contributed by atoms with Gasteiger partial charge >= 0.3 is 6.03 Å².